The highest BCUT2D eigenvalue weighted by atomic mass is 127. The molecule has 0 bridgehead atoms. The van der Waals surface area contributed by atoms with Crippen molar-refractivity contribution in [2.75, 3.05) is 46.9 Å². The number of aliphatic imine (C=N–C) groups is 1. The maximum absolute atomic E-state index is 12.2. The van der Waals surface area contributed by atoms with Gasteiger partial charge in [0, 0.05) is 38.8 Å². The monoisotopic (exact) mass is 518 g/mol. The SMILES string of the molecule is CCOC(=O)C1CCN(C(=NC)NCCNC(=O)c2cccc(OC)c2)CC1.I. The number of nitrogens with one attached hydrogen (secondary N) is 2. The first-order chi connectivity index (χ1) is 13.6. The molecule has 1 heterocycles. The summed E-state index contributed by atoms with van der Waals surface area (Å²) in [6.07, 6.45) is 1.51. The van der Waals surface area contributed by atoms with Gasteiger partial charge in [0.25, 0.3) is 5.91 Å². The highest BCUT2D eigenvalue weighted by Gasteiger charge is 2.27. The Labute approximate surface area is 189 Å². The molecule has 0 atom stereocenters. The van der Waals surface area contributed by atoms with Crippen molar-refractivity contribution in [3.63, 3.8) is 0 Å². The summed E-state index contributed by atoms with van der Waals surface area (Å²) in [7, 11) is 3.30. The first-order valence-corrected chi connectivity index (χ1v) is 9.63. The summed E-state index contributed by atoms with van der Waals surface area (Å²) in [6, 6.07) is 7.04. The van der Waals surface area contributed by atoms with E-state index < -0.39 is 0 Å². The number of carbonyl (C=O) groups excluding carboxylic acids is 2. The van der Waals surface area contributed by atoms with Crippen molar-refractivity contribution in [3.05, 3.63) is 29.8 Å². The molecule has 1 saturated heterocycles. The Hall–Kier alpha value is -2.04. The molecule has 1 aromatic carbocycles. The van der Waals surface area contributed by atoms with E-state index in [2.05, 4.69) is 20.5 Å². The second-order valence-electron chi connectivity index (χ2n) is 6.48. The standard InChI is InChI=1S/C20H30N4O4.HI/c1-4-28-19(26)15-8-12-24(13-9-15)20(21-2)23-11-10-22-18(25)16-6-5-7-17(14-16)27-3;/h5-7,14-15H,4,8-13H2,1-3H3,(H,21,23)(H,22,25);1H. The van der Waals surface area contributed by atoms with Crippen LogP contribution in [0.1, 0.15) is 30.1 Å². The van der Waals surface area contributed by atoms with Gasteiger partial charge in [-0.2, -0.15) is 0 Å². The molecule has 1 aromatic rings. The van der Waals surface area contributed by atoms with Crippen molar-refractivity contribution in [3.8, 4) is 5.75 Å². The number of likely N-dealkylation sites (tertiary alicyclic amines) is 1. The first kappa shape index (κ1) is 25.0. The zero-order chi connectivity index (χ0) is 20.4. The van der Waals surface area contributed by atoms with E-state index in [4.69, 9.17) is 9.47 Å². The van der Waals surface area contributed by atoms with E-state index in [9.17, 15) is 9.59 Å². The fraction of sp³-hybridized carbons (Fsp3) is 0.550. The van der Waals surface area contributed by atoms with Gasteiger partial charge in [-0.3, -0.25) is 14.6 Å². The topological polar surface area (TPSA) is 92.3 Å². The maximum Gasteiger partial charge on any atom is 0.309 e. The van der Waals surface area contributed by atoms with Crippen molar-refractivity contribution >= 4 is 41.8 Å². The summed E-state index contributed by atoms with van der Waals surface area (Å²) in [6.45, 7) is 4.77. The second-order valence-corrected chi connectivity index (χ2v) is 6.48. The molecule has 8 nitrogen and oxygen atoms in total. The Morgan fingerprint density at radius 3 is 2.52 bits per heavy atom. The third-order valence-corrected chi connectivity index (χ3v) is 4.65. The normalized spacial score (nSPS) is 14.6. The minimum atomic E-state index is -0.147. The number of nitrogens with zero attached hydrogens (tertiary/aromatic N) is 2. The molecule has 0 saturated carbocycles. The Morgan fingerprint density at radius 1 is 1.21 bits per heavy atom. The predicted octanol–water partition coefficient (Wildman–Crippen LogP) is 1.89. The molecule has 1 aliphatic rings. The number of hydrogen-bond donors (Lipinski definition) is 2. The van der Waals surface area contributed by atoms with Crippen molar-refractivity contribution < 1.29 is 19.1 Å². The van der Waals surface area contributed by atoms with Crippen LogP contribution < -0.4 is 15.4 Å². The summed E-state index contributed by atoms with van der Waals surface area (Å²) in [4.78, 5) is 30.5. The zero-order valence-electron chi connectivity index (χ0n) is 17.3. The predicted molar refractivity (Wildman–Crippen MR) is 123 cm³/mol. The van der Waals surface area contributed by atoms with Crippen LogP contribution in [0.15, 0.2) is 29.3 Å². The molecule has 162 valence electrons. The van der Waals surface area contributed by atoms with Crippen LogP contribution in [0.3, 0.4) is 0 Å². The fourth-order valence-electron chi connectivity index (χ4n) is 3.14. The fourth-order valence-corrected chi connectivity index (χ4v) is 3.14. The molecule has 1 amide bonds. The third-order valence-electron chi connectivity index (χ3n) is 4.65. The lowest BCUT2D eigenvalue weighted by Crippen LogP contribution is -2.48. The summed E-state index contributed by atoms with van der Waals surface area (Å²) < 4.78 is 10.2. The summed E-state index contributed by atoms with van der Waals surface area (Å²) in [5.74, 6) is 1.14. The smallest absolute Gasteiger partial charge is 0.309 e. The Morgan fingerprint density at radius 2 is 1.90 bits per heavy atom. The minimum Gasteiger partial charge on any atom is -0.497 e. The average molecular weight is 518 g/mol. The number of rotatable bonds is 7. The zero-order valence-corrected chi connectivity index (χ0v) is 19.6. The molecule has 0 aromatic heterocycles. The van der Waals surface area contributed by atoms with Gasteiger partial charge in [0.05, 0.1) is 19.6 Å². The largest absolute Gasteiger partial charge is 0.497 e. The number of hydrogen-bond acceptors (Lipinski definition) is 5. The average Bonchev–Trinajstić information content (AvgIpc) is 2.74. The molecule has 9 heteroatoms. The quantitative estimate of drug-likeness (QED) is 0.188. The van der Waals surface area contributed by atoms with Crippen LogP contribution >= 0.6 is 24.0 Å². The van der Waals surface area contributed by atoms with Crippen molar-refractivity contribution in [1.29, 1.82) is 0 Å². The lowest BCUT2D eigenvalue weighted by atomic mass is 9.97. The Bertz CT molecular complexity index is 691. The van der Waals surface area contributed by atoms with Gasteiger partial charge < -0.3 is 25.0 Å². The van der Waals surface area contributed by atoms with Gasteiger partial charge >= 0.3 is 5.97 Å². The summed E-state index contributed by atoms with van der Waals surface area (Å²) in [5, 5.41) is 6.14. The molecule has 0 spiro atoms. The van der Waals surface area contributed by atoms with Gasteiger partial charge in [-0.05, 0) is 38.0 Å². The van der Waals surface area contributed by atoms with E-state index >= 15 is 0 Å². The van der Waals surface area contributed by atoms with Crippen LogP contribution in [0.25, 0.3) is 0 Å². The molecular weight excluding hydrogens is 487 g/mol. The molecule has 0 radical (unpaired) electrons. The van der Waals surface area contributed by atoms with Crippen molar-refractivity contribution in [2.45, 2.75) is 19.8 Å². The number of carbonyl (C=O) groups is 2. The number of guanidine groups is 1. The Balaban J connectivity index is 0.00000420. The molecule has 2 rings (SSSR count). The second kappa shape index (κ2) is 13.2. The number of benzene rings is 1. The van der Waals surface area contributed by atoms with Crippen LogP contribution in [-0.4, -0.2) is 69.7 Å². The molecular formula is C20H31IN4O4. The maximum atomic E-state index is 12.2. The third kappa shape index (κ3) is 7.71. The van der Waals surface area contributed by atoms with Gasteiger partial charge in [0.1, 0.15) is 5.75 Å². The molecule has 0 unspecified atom stereocenters. The van der Waals surface area contributed by atoms with Gasteiger partial charge in [0.2, 0.25) is 0 Å². The number of amides is 1. The van der Waals surface area contributed by atoms with Gasteiger partial charge in [0.15, 0.2) is 5.96 Å². The van der Waals surface area contributed by atoms with Crippen molar-refractivity contribution in [1.82, 2.24) is 15.5 Å². The van der Waals surface area contributed by atoms with Crippen LogP contribution in [-0.2, 0) is 9.53 Å². The van der Waals surface area contributed by atoms with E-state index in [0.717, 1.165) is 31.9 Å². The highest BCUT2D eigenvalue weighted by molar-refractivity contribution is 14.0. The van der Waals surface area contributed by atoms with E-state index in [0.29, 0.717) is 31.0 Å². The summed E-state index contributed by atoms with van der Waals surface area (Å²) >= 11 is 0. The Kier molecular flexibility index (Phi) is 11.4. The summed E-state index contributed by atoms with van der Waals surface area (Å²) in [5.41, 5.74) is 0.560. The molecule has 1 fully saturated rings. The molecule has 2 N–H and O–H groups in total. The number of esters is 1. The highest BCUT2D eigenvalue weighted by Crippen LogP contribution is 2.18. The molecule has 1 aliphatic heterocycles. The molecule has 0 aliphatic carbocycles. The van der Waals surface area contributed by atoms with Crippen molar-refractivity contribution in [2.24, 2.45) is 10.9 Å². The lowest BCUT2D eigenvalue weighted by molar-refractivity contribution is -0.149. The first-order valence-electron chi connectivity index (χ1n) is 9.63. The van der Waals surface area contributed by atoms with E-state index in [1.807, 2.05) is 6.92 Å². The van der Waals surface area contributed by atoms with E-state index in [1.54, 1.807) is 38.4 Å². The number of methoxy groups -OCH3 is 1. The number of ether oxygens (including phenoxy) is 2. The van der Waals surface area contributed by atoms with Crippen LogP contribution in [0.5, 0.6) is 5.75 Å². The van der Waals surface area contributed by atoms with E-state index in [1.165, 1.54) is 0 Å². The van der Waals surface area contributed by atoms with E-state index in [-0.39, 0.29) is 41.8 Å². The van der Waals surface area contributed by atoms with Gasteiger partial charge in [-0.15, -0.1) is 24.0 Å². The number of halogens is 1. The van der Waals surface area contributed by atoms with Crippen LogP contribution in [0, 0.1) is 5.92 Å². The van der Waals surface area contributed by atoms with Crippen LogP contribution in [0.4, 0.5) is 0 Å². The minimum absolute atomic E-state index is 0. The van der Waals surface area contributed by atoms with Gasteiger partial charge in [-0.25, -0.2) is 0 Å². The number of piperidine rings is 1. The van der Waals surface area contributed by atoms with Gasteiger partial charge in [-0.1, -0.05) is 6.07 Å². The lowest BCUT2D eigenvalue weighted by Gasteiger charge is -2.33. The van der Waals surface area contributed by atoms with Crippen LogP contribution in [0.2, 0.25) is 0 Å². The molecule has 29 heavy (non-hydrogen) atoms.